The van der Waals surface area contributed by atoms with Gasteiger partial charge in [-0.25, -0.2) is 4.98 Å². The third-order valence-electron chi connectivity index (χ3n) is 5.03. The number of hydrogen-bond donors (Lipinski definition) is 1. The van der Waals surface area contributed by atoms with E-state index in [1.807, 2.05) is 0 Å². The molecule has 7 nitrogen and oxygen atoms in total. The van der Waals surface area contributed by atoms with Crippen molar-refractivity contribution in [2.75, 3.05) is 0 Å². The summed E-state index contributed by atoms with van der Waals surface area (Å²) in [6.07, 6.45) is 5.70. The Morgan fingerprint density at radius 3 is 2.93 bits per heavy atom. The molecule has 8 heteroatoms. The van der Waals surface area contributed by atoms with E-state index in [4.69, 9.17) is 0 Å². The zero-order chi connectivity index (χ0) is 19.0. The summed E-state index contributed by atoms with van der Waals surface area (Å²) in [5.74, 6) is 0. The van der Waals surface area contributed by atoms with Gasteiger partial charge in [0.1, 0.15) is 4.83 Å². The molecule has 0 aliphatic heterocycles. The largest absolute Gasteiger partial charge is 0.387 e. The van der Waals surface area contributed by atoms with Gasteiger partial charge in [-0.15, -0.1) is 11.3 Å². The van der Waals surface area contributed by atoms with Crippen LogP contribution in [-0.2, 0) is 19.4 Å². The number of fused-ring (bicyclic) bond motifs is 3. The molecule has 2 aromatic heterocycles. The Hall–Kier alpha value is -2.58. The monoisotopic (exact) mass is 385 g/mol. The lowest BCUT2D eigenvalue weighted by Gasteiger charge is -2.13. The first-order valence-corrected chi connectivity index (χ1v) is 9.78. The standard InChI is InChI=1S/C19H19N3O4S/c23-15(12-5-4-6-13(9-12)22(25)26)10-21-11-20-18-17(19(21)24)14-7-2-1-3-8-16(14)27-18/h4-6,9,11,15,23H,1-3,7-8,10H2/t15-/m0/s1. The van der Waals surface area contributed by atoms with Gasteiger partial charge in [0, 0.05) is 17.0 Å². The number of rotatable bonds is 4. The molecule has 0 fully saturated rings. The van der Waals surface area contributed by atoms with Gasteiger partial charge in [0.05, 0.1) is 29.3 Å². The molecule has 1 aliphatic rings. The van der Waals surface area contributed by atoms with Gasteiger partial charge in [-0.3, -0.25) is 19.5 Å². The van der Waals surface area contributed by atoms with Crippen LogP contribution in [0.3, 0.4) is 0 Å². The maximum absolute atomic E-state index is 13.0. The van der Waals surface area contributed by atoms with E-state index in [1.165, 1.54) is 40.4 Å². The third kappa shape index (κ3) is 3.38. The van der Waals surface area contributed by atoms with Crippen LogP contribution in [0.2, 0.25) is 0 Å². The smallest absolute Gasteiger partial charge is 0.269 e. The van der Waals surface area contributed by atoms with Crippen LogP contribution < -0.4 is 5.56 Å². The lowest BCUT2D eigenvalue weighted by Crippen LogP contribution is -2.24. The molecule has 0 saturated heterocycles. The first-order chi connectivity index (χ1) is 13.0. The fourth-order valence-corrected chi connectivity index (χ4v) is 4.84. The topological polar surface area (TPSA) is 98.3 Å². The van der Waals surface area contributed by atoms with Crippen molar-refractivity contribution in [3.63, 3.8) is 0 Å². The molecule has 0 amide bonds. The Kier molecular flexibility index (Phi) is 4.75. The maximum atomic E-state index is 13.0. The Bertz CT molecular complexity index is 1070. The molecule has 1 aromatic carbocycles. The molecular formula is C19H19N3O4S. The summed E-state index contributed by atoms with van der Waals surface area (Å²) in [6.45, 7) is 0.00750. The molecule has 3 aromatic rings. The number of nitrogens with zero attached hydrogens (tertiary/aromatic N) is 3. The second kappa shape index (κ2) is 7.21. The lowest BCUT2D eigenvalue weighted by atomic mass is 10.1. The predicted octanol–water partition coefficient (Wildman–Crippen LogP) is 3.37. The average molecular weight is 385 g/mol. The van der Waals surface area contributed by atoms with Gasteiger partial charge in [0.15, 0.2) is 0 Å². The van der Waals surface area contributed by atoms with E-state index in [0.29, 0.717) is 10.9 Å². The van der Waals surface area contributed by atoms with Crippen LogP contribution in [0.4, 0.5) is 5.69 Å². The number of nitro benzene ring substituents is 1. The van der Waals surface area contributed by atoms with Crippen LogP contribution in [0.15, 0.2) is 35.4 Å². The van der Waals surface area contributed by atoms with Gasteiger partial charge in [0.25, 0.3) is 11.2 Å². The van der Waals surface area contributed by atoms with E-state index < -0.39 is 11.0 Å². The molecule has 0 spiro atoms. The number of aliphatic hydroxyl groups excluding tert-OH is 1. The third-order valence-corrected chi connectivity index (χ3v) is 6.23. The summed E-state index contributed by atoms with van der Waals surface area (Å²) >= 11 is 1.59. The highest BCUT2D eigenvalue weighted by atomic mass is 32.1. The summed E-state index contributed by atoms with van der Waals surface area (Å²) in [5.41, 5.74) is 1.28. The van der Waals surface area contributed by atoms with Crippen LogP contribution in [0.5, 0.6) is 0 Å². The zero-order valence-electron chi connectivity index (χ0n) is 14.6. The van der Waals surface area contributed by atoms with Crippen molar-refractivity contribution in [3.8, 4) is 0 Å². The van der Waals surface area contributed by atoms with Gasteiger partial charge in [-0.1, -0.05) is 18.6 Å². The number of aliphatic hydroxyl groups is 1. The number of aromatic nitrogens is 2. The minimum absolute atomic E-state index is 0.00750. The zero-order valence-corrected chi connectivity index (χ0v) is 15.4. The fourth-order valence-electron chi connectivity index (χ4n) is 3.63. The Morgan fingerprint density at radius 1 is 1.30 bits per heavy atom. The molecule has 0 radical (unpaired) electrons. The molecule has 2 heterocycles. The lowest BCUT2D eigenvalue weighted by molar-refractivity contribution is -0.385. The number of aryl methyl sites for hydroxylation is 2. The van der Waals surface area contributed by atoms with Gasteiger partial charge in [0.2, 0.25) is 0 Å². The SMILES string of the molecule is O=c1c2c3c(sc2ncn1C[C@H](O)c1cccc([N+](=O)[O-])c1)CCCCC3. The molecule has 1 N–H and O–H groups in total. The summed E-state index contributed by atoms with van der Waals surface area (Å²) in [6, 6.07) is 5.85. The average Bonchev–Trinajstić information content (AvgIpc) is 2.86. The Labute approximate surface area is 159 Å². The molecule has 0 bridgehead atoms. The summed E-state index contributed by atoms with van der Waals surface area (Å²) in [4.78, 5) is 29.9. The quantitative estimate of drug-likeness (QED) is 0.422. The predicted molar refractivity (Wildman–Crippen MR) is 103 cm³/mol. The molecule has 1 atom stereocenters. The highest BCUT2D eigenvalue weighted by molar-refractivity contribution is 7.18. The molecule has 140 valence electrons. The van der Waals surface area contributed by atoms with Crippen molar-refractivity contribution in [3.05, 3.63) is 67.1 Å². The van der Waals surface area contributed by atoms with E-state index in [2.05, 4.69) is 4.98 Å². The second-order valence-electron chi connectivity index (χ2n) is 6.81. The molecule has 0 unspecified atom stereocenters. The summed E-state index contributed by atoms with van der Waals surface area (Å²) in [7, 11) is 0. The summed E-state index contributed by atoms with van der Waals surface area (Å²) < 4.78 is 1.41. The maximum Gasteiger partial charge on any atom is 0.269 e. The van der Waals surface area contributed by atoms with Gasteiger partial charge < -0.3 is 5.11 Å². The van der Waals surface area contributed by atoms with E-state index in [0.717, 1.165) is 36.1 Å². The number of thiophene rings is 1. The molecule has 4 rings (SSSR count). The van der Waals surface area contributed by atoms with E-state index in [9.17, 15) is 20.0 Å². The van der Waals surface area contributed by atoms with E-state index >= 15 is 0 Å². The van der Waals surface area contributed by atoms with Crippen molar-refractivity contribution in [2.24, 2.45) is 0 Å². The van der Waals surface area contributed by atoms with Crippen LogP contribution >= 0.6 is 11.3 Å². The van der Waals surface area contributed by atoms with Crippen molar-refractivity contribution in [1.29, 1.82) is 0 Å². The highest BCUT2D eigenvalue weighted by Crippen LogP contribution is 2.32. The number of nitro groups is 1. The van der Waals surface area contributed by atoms with Crippen molar-refractivity contribution < 1.29 is 10.0 Å². The minimum Gasteiger partial charge on any atom is -0.387 e. The van der Waals surface area contributed by atoms with E-state index in [1.54, 1.807) is 17.4 Å². The molecule has 27 heavy (non-hydrogen) atoms. The van der Waals surface area contributed by atoms with Gasteiger partial charge in [-0.05, 0) is 36.8 Å². The Balaban J connectivity index is 1.69. The van der Waals surface area contributed by atoms with Gasteiger partial charge >= 0.3 is 0 Å². The van der Waals surface area contributed by atoms with Crippen molar-refractivity contribution >= 4 is 27.2 Å². The molecular weight excluding hydrogens is 366 g/mol. The van der Waals surface area contributed by atoms with E-state index in [-0.39, 0.29) is 17.8 Å². The molecule has 0 saturated carbocycles. The normalized spacial score (nSPS) is 15.3. The minimum atomic E-state index is -1.03. The van der Waals surface area contributed by atoms with Crippen LogP contribution in [-0.4, -0.2) is 19.6 Å². The number of non-ortho nitro benzene ring substituents is 1. The van der Waals surface area contributed by atoms with Crippen molar-refractivity contribution in [2.45, 2.75) is 44.8 Å². The Morgan fingerprint density at radius 2 is 2.11 bits per heavy atom. The highest BCUT2D eigenvalue weighted by Gasteiger charge is 2.20. The van der Waals surface area contributed by atoms with Crippen LogP contribution in [0, 0.1) is 10.1 Å². The summed E-state index contributed by atoms with van der Waals surface area (Å²) in [5, 5.41) is 22.1. The molecule has 1 aliphatic carbocycles. The number of hydrogen-bond acceptors (Lipinski definition) is 6. The van der Waals surface area contributed by atoms with Gasteiger partial charge in [-0.2, -0.15) is 0 Å². The first-order valence-electron chi connectivity index (χ1n) is 8.96. The number of benzene rings is 1. The van der Waals surface area contributed by atoms with Crippen LogP contribution in [0.25, 0.3) is 10.2 Å². The first kappa shape index (κ1) is 17.8. The fraction of sp³-hybridized carbons (Fsp3) is 0.368. The second-order valence-corrected chi connectivity index (χ2v) is 7.90. The van der Waals surface area contributed by atoms with Crippen molar-refractivity contribution in [1.82, 2.24) is 9.55 Å². The van der Waals surface area contributed by atoms with Crippen LogP contribution in [0.1, 0.15) is 41.4 Å².